The van der Waals surface area contributed by atoms with Crippen molar-refractivity contribution in [2.24, 2.45) is 5.73 Å². The van der Waals surface area contributed by atoms with Gasteiger partial charge in [-0.1, -0.05) is 71.9 Å². The third-order valence-corrected chi connectivity index (χ3v) is 15.4. The molecule has 1 unspecified atom stereocenters. The molecular weight excluding hydrogens is 354 g/mol. The third-order valence-electron chi connectivity index (χ3n) is 6.36. The molecule has 0 aliphatic rings. The first-order chi connectivity index (χ1) is 11.6. The lowest BCUT2D eigenvalue weighted by Gasteiger charge is -2.47. The molecule has 5 heteroatoms. The van der Waals surface area contributed by atoms with Crippen molar-refractivity contribution in [3.63, 3.8) is 0 Å². The Morgan fingerprint density at radius 2 is 1.27 bits per heavy atom. The van der Waals surface area contributed by atoms with Gasteiger partial charge in [-0.15, -0.1) is 0 Å². The van der Waals surface area contributed by atoms with Crippen molar-refractivity contribution in [3.05, 3.63) is 35.9 Å². The third kappa shape index (κ3) is 5.29. The van der Waals surface area contributed by atoms with E-state index in [0.29, 0.717) is 13.2 Å². The van der Waals surface area contributed by atoms with Gasteiger partial charge in [-0.2, -0.15) is 0 Å². The molecule has 0 spiro atoms. The van der Waals surface area contributed by atoms with E-state index in [1.165, 1.54) is 0 Å². The Balaban J connectivity index is 3.30. The zero-order chi connectivity index (χ0) is 20.4. The second kappa shape index (κ2) is 7.88. The van der Waals surface area contributed by atoms with Gasteiger partial charge in [0.2, 0.25) is 0 Å². The molecule has 3 nitrogen and oxygen atoms in total. The standard InChI is InChI=1S/C21H41NO2Si2/c1-19(2,3)25(7,8)23-17-21(16-22,18-14-12-11-13-15-18)24-26(9,10)20(4,5)6/h11-15H,16-17,22H2,1-10H3. The second-order valence-electron chi connectivity index (χ2n) is 10.5. The quantitative estimate of drug-likeness (QED) is 0.586. The maximum Gasteiger partial charge on any atom is 0.193 e. The van der Waals surface area contributed by atoms with E-state index < -0.39 is 22.2 Å². The minimum atomic E-state index is -2.03. The fourth-order valence-electron chi connectivity index (χ4n) is 2.29. The first-order valence-corrected chi connectivity index (χ1v) is 15.5. The van der Waals surface area contributed by atoms with E-state index >= 15 is 0 Å². The fourth-order valence-corrected chi connectivity index (χ4v) is 4.86. The van der Waals surface area contributed by atoms with Crippen LogP contribution >= 0.6 is 0 Å². The zero-order valence-electron chi connectivity index (χ0n) is 18.7. The lowest BCUT2D eigenvalue weighted by atomic mass is 9.95. The molecule has 0 heterocycles. The number of nitrogens with two attached hydrogens (primary N) is 1. The molecule has 1 rings (SSSR count). The molecule has 1 atom stereocenters. The Kier molecular flexibility index (Phi) is 7.14. The second-order valence-corrected chi connectivity index (χ2v) is 20.0. The molecule has 0 aliphatic heterocycles. The van der Waals surface area contributed by atoms with E-state index in [4.69, 9.17) is 14.6 Å². The summed E-state index contributed by atoms with van der Waals surface area (Å²) in [6, 6.07) is 10.4. The molecule has 150 valence electrons. The fraction of sp³-hybridized carbons (Fsp3) is 0.714. The number of benzene rings is 1. The predicted octanol–water partition coefficient (Wildman–Crippen LogP) is 5.88. The molecule has 2 N–H and O–H groups in total. The maximum absolute atomic E-state index is 6.94. The lowest BCUT2D eigenvalue weighted by Crippen LogP contribution is -2.55. The Hall–Kier alpha value is -0.466. The van der Waals surface area contributed by atoms with Crippen molar-refractivity contribution < 1.29 is 8.85 Å². The average Bonchev–Trinajstić information content (AvgIpc) is 2.50. The first kappa shape index (κ1) is 23.6. The van der Waals surface area contributed by atoms with Crippen molar-refractivity contribution in [2.75, 3.05) is 13.2 Å². The Morgan fingerprint density at radius 1 is 0.808 bits per heavy atom. The Morgan fingerprint density at radius 3 is 1.65 bits per heavy atom. The minimum absolute atomic E-state index is 0.110. The zero-order valence-corrected chi connectivity index (χ0v) is 20.7. The van der Waals surface area contributed by atoms with E-state index in [1.807, 2.05) is 6.07 Å². The normalized spacial score (nSPS) is 16.4. The van der Waals surface area contributed by atoms with Gasteiger partial charge in [0.1, 0.15) is 5.60 Å². The highest BCUT2D eigenvalue weighted by Gasteiger charge is 2.47. The lowest BCUT2D eigenvalue weighted by molar-refractivity contribution is 0.00544. The molecule has 1 aromatic rings. The van der Waals surface area contributed by atoms with Crippen LogP contribution in [0.25, 0.3) is 0 Å². The smallest absolute Gasteiger partial charge is 0.193 e. The highest BCUT2D eigenvalue weighted by Crippen LogP contribution is 2.43. The first-order valence-electron chi connectivity index (χ1n) is 9.68. The van der Waals surface area contributed by atoms with Crippen molar-refractivity contribution in [1.29, 1.82) is 0 Å². The average molecular weight is 396 g/mol. The Bertz CT molecular complexity index is 574. The van der Waals surface area contributed by atoms with Gasteiger partial charge in [0.25, 0.3) is 0 Å². The van der Waals surface area contributed by atoms with Crippen LogP contribution in [-0.2, 0) is 14.5 Å². The molecule has 0 bridgehead atoms. The highest BCUT2D eigenvalue weighted by atomic mass is 28.4. The predicted molar refractivity (Wildman–Crippen MR) is 119 cm³/mol. The maximum atomic E-state index is 6.94. The summed E-state index contributed by atoms with van der Waals surface area (Å²) in [5, 5.41) is 0.264. The van der Waals surface area contributed by atoms with E-state index in [9.17, 15) is 0 Å². The molecule has 0 aliphatic carbocycles. The van der Waals surface area contributed by atoms with Gasteiger partial charge in [-0.25, -0.2) is 0 Å². The summed E-state index contributed by atoms with van der Waals surface area (Å²) in [5.74, 6) is 0. The van der Waals surface area contributed by atoms with Crippen LogP contribution in [0, 0.1) is 0 Å². The SMILES string of the molecule is CC(C)(C)[Si](C)(C)OCC(CN)(O[Si](C)(C)C(C)(C)C)c1ccccc1. The molecule has 0 amide bonds. The van der Waals surface area contributed by atoms with Gasteiger partial charge >= 0.3 is 0 Å². The minimum Gasteiger partial charge on any atom is -0.414 e. The van der Waals surface area contributed by atoms with Crippen LogP contribution in [0.3, 0.4) is 0 Å². The monoisotopic (exact) mass is 395 g/mol. The molecule has 1 aromatic carbocycles. The van der Waals surface area contributed by atoms with Crippen molar-refractivity contribution in [1.82, 2.24) is 0 Å². The highest BCUT2D eigenvalue weighted by molar-refractivity contribution is 6.74. The van der Waals surface area contributed by atoms with Crippen molar-refractivity contribution in [2.45, 2.75) is 83.4 Å². The Labute approximate surface area is 163 Å². The molecule has 0 saturated carbocycles. The number of rotatable bonds is 7. The van der Waals surface area contributed by atoms with E-state index in [0.717, 1.165) is 5.56 Å². The van der Waals surface area contributed by atoms with Gasteiger partial charge in [-0.05, 0) is 41.8 Å². The van der Waals surface area contributed by atoms with Crippen LogP contribution in [0.15, 0.2) is 30.3 Å². The summed E-state index contributed by atoms with van der Waals surface area (Å²) in [6.07, 6.45) is 0. The van der Waals surface area contributed by atoms with E-state index in [-0.39, 0.29) is 10.1 Å². The van der Waals surface area contributed by atoms with E-state index in [2.05, 4.69) is 92.0 Å². The summed E-state index contributed by atoms with van der Waals surface area (Å²) in [6.45, 7) is 23.6. The molecular formula is C21H41NO2Si2. The summed E-state index contributed by atoms with van der Waals surface area (Å²) < 4.78 is 13.6. The summed E-state index contributed by atoms with van der Waals surface area (Å²) in [5.41, 5.74) is 6.88. The molecule has 0 saturated heterocycles. The molecule has 0 radical (unpaired) electrons. The van der Waals surface area contributed by atoms with E-state index in [1.54, 1.807) is 0 Å². The van der Waals surface area contributed by atoms with Crippen LogP contribution in [0.1, 0.15) is 47.1 Å². The summed E-state index contributed by atoms with van der Waals surface area (Å²) >= 11 is 0. The molecule has 0 aromatic heterocycles. The summed E-state index contributed by atoms with van der Waals surface area (Å²) in [4.78, 5) is 0. The van der Waals surface area contributed by atoms with Crippen LogP contribution in [0.5, 0.6) is 0 Å². The molecule has 26 heavy (non-hydrogen) atoms. The van der Waals surface area contributed by atoms with Crippen LogP contribution < -0.4 is 5.73 Å². The molecule has 0 fully saturated rings. The van der Waals surface area contributed by atoms with Gasteiger partial charge in [0.15, 0.2) is 16.6 Å². The van der Waals surface area contributed by atoms with Crippen molar-refractivity contribution in [3.8, 4) is 0 Å². The number of hydrogen-bond acceptors (Lipinski definition) is 3. The van der Waals surface area contributed by atoms with Gasteiger partial charge in [0, 0.05) is 6.54 Å². The van der Waals surface area contributed by atoms with Gasteiger partial charge in [0.05, 0.1) is 6.61 Å². The van der Waals surface area contributed by atoms with Crippen LogP contribution in [0.4, 0.5) is 0 Å². The van der Waals surface area contributed by atoms with Crippen molar-refractivity contribution >= 4 is 16.6 Å². The van der Waals surface area contributed by atoms with Gasteiger partial charge in [-0.3, -0.25) is 0 Å². The van der Waals surface area contributed by atoms with Gasteiger partial charge < -0.3 is 14.6 Å². The summed E-state index contributed by atoms with van der Waals surface area (Å²) in [7, 11) is -3.94. The van der Waals surface area contributed by atoms with Crippen LogP contribution in [0.2, 0.25) is 36.3 Å². The largest absolute Gasteiger partial charge is 0.414 e. The number of hydrogen-bond donors (Lipinski definition) is 1. The van der Waals surface area contributed by atoms with Crippen LogP contribution in [-0.4, -0.2) is 29.8 Å². The topological polar surface area (TPSA) is 44.5 Å².